The van der Waals surface area contributed by atoms with Gasteiger partial charge in [-0.25, -0.2) is 0 Å². The molecule has 0 radical (unpaired) electrons. The van der Waals surface area contributed by atoms with Gasteiger partial charge in [0.15, 0.2) is 0 Å². The summed E-state index contributed by atoms with van der Waals surface area (Å²) in [6.45, 7) is 5.26. The number of unbranched alkanes of at least 4 members (excludes halogenated alkanes) is 11. The van der Waals surface area contributed by atoms with E-state index in [4.69, 9.17) is 4.74 Å². The number of hydrogen-bond donors (Lipinski definition) is 0. The zero-order chi connectivity index (χ0) is 15.4. The molecule has 0 heterocycles. The van der Waals surface area contributed by atoms with Crippen molar-refractivity contribution in [2.24, 2.45) is 0 Å². The van der Waals surface area contributed by atoms with E-state index in [0.29, 0.717) is 0 Å². The fourth-order valence-electron chi connectivity index (χ4n) is 2.39. The van der Waals surface area contributed by atoms with Crippen LogP contribution in [0.5, 0.6) is 0 Å². The smallest absolute Gasteiger partial charge is 0.0873 e. The van der Waals surface area contributed by atoms with Crippen LogP contribution in [-0.4, -0.2) is 6.61 Å². The molecule has 0 amide bonds. The van der Waals surface area contributed by atoms with Crippen LogP contribution in [-0.2, 0) is 4.74 Å². The molecule has 0 saturated carbocycles. The summed E-state index contributed by atoms with van der Waals surface area (Å²) in [5.41, 5.74) is 0. The molecule has 0 atom stereocenters. The van der Waals surface area contributed by atoms with Crippen molar-refractivity contribution < 1.29 is 4.74 Å². The summed E-state index contributed by atoms with van der Waals surface area (Å²) >= 11 is 0. The van der Waals surface area contributed by atoms with Gasteiger partial charge >= 0.3 is 0 Å². The van der Waals surface area contributed by atoms with Gasteiger partial charge in [0.05, 0.1) is 12.9 Å². The highest BCUT2D eigenvalue weighted by Crippen LogP contribution is 2.08. The van der Waals surface area contributed by atoms with Crippen LogP contribution in [0.25, 0.3) is 0 Å². The number of allylic oxidation sites excluding steroid dienone is 3. The lowest BCUT2D eigenvalue weighted by Crippen LogP contribution is -1.88. The van der Waals surface area contributed by atoms with Gasteiger partial charge in [0.25, 0.3) is 0 Å². The Labute approximate surface area is 133 Å². The second-order valence-electron chi connectivity index (χ2n) is 5.92. The molecule has 0 aromatic rings. The van der Waals surface area contributed by atoms with E-state index < -0.39 is 0 Å². The maximum Gasteiger partial charge on any atom is 0.0873 e. The normalized spacial score (nSPS) is 11.7. The fraction of sp³-hybridized carbons (Fsp3) is 0.800. The molecule has 0 aromatic carbocycles. The Morgan fingerprint density at radius 2 is 1.24 bits per heavy atom. The molecule has 21 heavy (non-hydrogen) atoms. The minimum absolute atomic E-state index is 0.896. The lowest BCUT2D eigenvalue weighted by atomic mass is 10.1. The van der Waals surface area contributed by atoms with Crippen LogP contribution in [0.15, 0.2) is 24.5 Å². The van der Waals surface area contributed by atoms with Crippen LogP contribution >= 0.6 is 0 Å². The Hall–Kier alpha value is -0.720. The summed E-state index contributed by atoms with van der Waals surface area (Å²) in [4.78, 5) is 0. The minimum Gasteiger partial charge on any atom is -0.502 e. The third kappa shape index (κ3) is 19.3. The second kappa shape index (κ2) is 19.3. The van der Waals surface area contributed by atoms with E-state index in [9.17, 15) is 0 Å². The van der Waals surface area contributed by atoms with E-state index in [1.165, 1.54) is 83.5 Å². The van der Waals surface area contributed by atoms with Gasteiger partial charge in [-0.2, -0.15) is 0 Å². The maximum atomic E-state index is 5.52. The van der Waals surface area contributed by atoms with Crippen molar-refractivity contribution in [2.45, 2.75) is 97.3 Å². The predicted octanol–water partition coefficient (Wildman–Crippen LogP) is 7.18. The van der Waals surface area contributed by atoms with Crippen molar-refractivity contribution in [1.29, 1.82) is 0 Å². The van der Waals surface area contributed by atoms with Gasteiger partial charge in [-0.1, -0.05) is 70.4 Å². The molecule has 0 N–H and O–H groups in total. The molecule has 0 aliphatic heterocycles. The molecule has 0 saturated heterocycles. The zero-order valence-electron chi connectivity index (χ0n) is 14.6. The standard InChI is InChI=1S/C20H38O/c1-3-5-7-9-11-12-13-14-16-18-20-21-19-17-15-10-8-6-4-2/h3,5,18,20H,4,6-17,19H2,1-2H3. The molecular formula is C20H38O. The predicted molar refractivity (Wildman–Crippen MR) is 95.6 cm³/mol. The quantitative estimate of drug-likeness (QED) is 0.166. The summed E-state index contributed by atoms with van der Waals surface area (Å²) < 4.78 is 5.52. The zero-order valence-corrected chi connectivity index (χ0v) is 14.6. The molecule has 1 heteroatoms. The SMILES string of the molecule is CC=CCCCCCCCC=COCCCCCCCC. The Morgan fingerprint density at radius 3 is 1.90 bits per heavy atom. The van der Waals surface area contributed by atoms with Gasteiger partial charge < -0.3 is 4.74 Å². The molecule has 0 aromatic heterocycles. The maximum absolute atomic E-state index is 5.52. The van der Waals surface area contributed by atoms with Gasteiger partial charge in [0, 0.05) is 0 Å². The van der Waals surface area contributed by atoms with Crippen molar-refractivity contribution in [3.05, 3.63) is 24.5 Å². The highest BCUT2D eigenvalue weighted by Gasteiger charge is 1.90. The molecule has 0 unspecified atom stereocenters. The Morgan fingerprint density at radius 1 is 0.667 bits per heavy atom. The molecule has 0 aliphatic carbocycles. The summed E-state index contributed by atoms with van der Waals surface area (Å²) in [5, 5.41) is 0. The first-order valence-electron chi connectivity index (χ1n) is 9.29. The molecule has 1 nitrogen and oxygen atoms in total. The Balaban J connectivity index is 3.05. The topological polar surface area (TPSA) is 9.23 Å². The van der Waals surface area contributed by atoms with Gasteiger partial charge in [0.2, 0.25) is 0 Å². The van der Waals surface area contributed by atoms with Crippen molar-refractivity contribution in [1.82, 2.24) is 0 Å². The molecule has 0 rings (SSSR count). The van der Waals surface area contributed by atoms with Gasteiger partial charge in [-0.05, 0) is 45.1 Å². The molecule has 0 spiro atoms. The first-order valence-corrected chi connectivity index (χ1v) is 9.29. The molecule has 124 valence electrons. The van der Waals surface area contributed by atoms with Gasteiger partial charge in [-0.15, -0.1) is 0 Å². The Bertz CT molecular complexity index is 230. The monoisotopic (exact) mass is 294 g/mol. The van der Waals surface area contributed by atoms with Crippen LogP contribution < -0.4 is 0 Å². The third-order valence-corrected chi connectivity index (χ3v) is 3.79. The van der Waals surface area contributed by atoms with E-state index in [0.717, 1.165) is 6.61 Å². The second-order valence-corrected chi connectivity index (χ2v) is 5.92. The summed E-state index contributed by atoms with van der Waals surface area (Å²) in [6.07, 6.45) is 25.7. The van der Waals surface area contributed by atoms with Crippen LogP contribution in [0.1, 0.15) is 97.3 Å². The number of rotatable bonds is 16. The lowest BCUT2D eigenvalue weighted by molar-refractivity contribution is 0.239. The van der Waals surface area contributed by atoms with Crippen LogP contribution in [0.2, 0.25) is 0 Å². The van der Waals surface area contributed by atoms with E-state index in [1.54, 1.807) is 0 Å². The van der Waals surface area contributed by atoms with Crippen molar-refractivity contribution in [3.63, 3.8) is 0 Å². The van der Waals surface area contributed by atoms with Gasteiger partial charge in [-0.3, -0.25) is 0 Å². The summed E-state index contributed by atoms with van der Waals surface area (Å²) in [5.74, 6) is 0. The lowest BCUT2D eigenvalue weighted by Gasteiger charge is -2.01. The first-order chi connectivity index (χ1) is 10.4. The van der Waals surface area contributed by atoms with E-state index in [2.05, 4.69) is 32.1 Å². The van der Waals surface area contributed by atoms with Gasteiger partial charge in [0.1, 0.15) is 0 Å². The van der Waals surface area contributed by atoms with Crippen molar-refractivity contribution in [3.8, 4) is 0 Å². The molecule has 0 bridgehead atoms. The first kappa shape index (κ1) is 20.3. The van der Waals surface area contributed by atoms with E-state index in [1.807, 2.05) is 6.26 Å². The molecule has 0 fully saturated rings. The third-order valence-electron chi connectivity index (χ3n) is 3.79. The van der Waals surface area contributed by atoms with E-state index in [-0.39, 0.29) is 0 Å². The minimum atomic E-state index is 0.896. The number of hydrogen-bond acceptors (Lipinski definition) is 1. The van der Waals surface area contributed by atoms with Crippen molar-refractivity contribution >= 4 is 0 Å². The average Bonchev–Trinajstić information content (AvgIpc) is 2.50. The Kier molecular flexibility index (Phi) is 18.6. The van der Waals surface area contributed by atoms with Crippen LogP contribution in [0, 0.1) is 0 Å². The molecular weight excluding hydrogens is 256 g/mol. The fourth-order valence-corrected chi connectivity index (χ4v) is 2.39. The average molecular weight is 295 g/mol. The van der Waals surface area contributed by atoms with Crippen LogP contribution in [0.3, 0.4) is 0 Å². The highest BCUT2D eigenvalue weighted by molar-refractivity contribution is 4.76. The summed E-state index contributed by atoms with van der Waals surface area (Å²) in [7, 11) is 0. The van der Waals surface area contributed by atoms with Crippen molar-refractivity contribution in [2.75, 3.05) is 6.61 Å². The largest absolute Gasteiger partial charge is 0.502 e. The van der Waals surface area contributed by atoms with E-state index >= 15 is 0 Å². The highest BCUT2D eigenvalue weighted by atomic mass is 16.5. The summed E-state index contributed by atoms with van der Waals surface area (Å²) in [6, 6.07) is 0. The van der Waals surface area contributed by atoms with Crippen LogP contribution in [0.4, 0.5) is 0 Å². The molecule has 0 aliphatic rings. The number of ether oxygens (including phenoxy) is 1.